The molecule has 0 bridgehead atoms. The van der Waals surface area contributed by atoms with Gasteiger partial charge in [0.05, 0.1) is 7.11 Å². The van der Waals surface area contributed by atoms with Crippen LogP contribution in [0, 0.1) is 6.92 Å². The molecule has 154 valence electrons. The van der Waals surface area contributed by atoms with Crippen molar-refractivity contribution in [2.45, 2.75) is 50.9 Å². The number of benzene rings is 2. The van der Waals surface area contributed by atoms with Crippen LogP contribution in [-0.2, 0) is 16.6 Å². The summed E-state index contributed by atoms with van der Waals surface area (Å²) in [4.78, 5) is 17.0. The van der Waals surface area contributed by atoms with Crippen molar-refractivity contribution in [3.05, 3.63) is 83.7 Å². The van der Waals surface area contributed by atoms with Crippen LogP contribution in [-0.4, -0.2) is 17.9 Å². The Balaban J connectivity index is 1.39. The van der Waals surface area contributed by atoms with E-state index in [2.05, 4.69) is 47.4 Å². The molecule has 0 saturated heterocycles. The third-order valence-electron chi connectivity index (χ3n) is 6.46. The van der Waals surface area contributed by atoms with Gasteiger partial charge in [0.25, 0.3) is 0 Å². The molecule has 1 aliphatic rings. The minimum Gasteiger partial charge on any atom is -0.496 e. The van der Waals surface area contributed by atoms with Gasteiger partial charge in [-0.25, -0.2) is 0 Å². The maximum Gasteiger partial charge on any atom is 0.137 e. The number of nitrogens with zero attached hydrogens (tertiary/aromatic N) is 1. The quantitative estimate of drug-likeness (QED) is 0.461. The average molecular weight is 400 g/mol. The molecule has 1 heterocycles. The molecule has 1 fully saturated rings. The second-order valence-corrected chi connectivity index (χ2v) is 8.43. The van der Waals surface area contributed by atoms with Gasteiger partial charge in [0.15, 0.2) is 0 Å². The third-order valence-corrected chi connectivity index (χ3v) is 6.46. The summed E-state index contributed by atoms with van der Waals surface area (Å²) in [6.45, 7) is 2.00. The summed E-state index contributed by atoms with van der Waals surface area (Å²) >= 11 is 0. The number of para-hydroxylation sites is 1. The zero-order chi connectivity index (χ0) is 21.0. The highest BCUT2D eigenvalue weighted by atomic mass is 16.5. The maximum absolute atomic E-state index is 12.7. The first-order valence-corrected chi connectivity index (χ1v) is 10.8. The summed E-state index contributed by atoms with van der Waals surface area (Å²) in [6.07, 6.45) is 7.35. The molecular formula is C27H29NO2. The number of aryl methyl sites for hydroxylation is 1. The Hall–Kier alpha value is -2.94. The Labute approximate surface area is 179 Å². The van der Waals surface area contributed by atoms with Crippen molar-refractivity contribution in [2.24, 2.45) is 0 Å². The van der Waals surface area contributed by atoms with Crippen LogP contribution >= 0.6 is 0 Å². The highest BCUT2D eigenvalue weighted by molar-refractivity contribution is 5.81. The van der Waals surface area contributed by atoms with Gasteiger partial charge in [0, 0.05) is 30.3 Å². The largest absolute Gasteiger partial charge is 0.496 e. The SMILES string of the molecule is COc1ccccc1C1(CCC(=O)Cc2ccc(-c3ccnc(C)c3)cc2)CCC1. The van der Waals surface area contributed by atoms with Gasteiger partial charge in [-0.15, -0.1) is 0 Å². The minimum atomic E-state index is 0.103. The van der Waals surface area contributed by atoms with E-state index in [9.17, 15) is 4.79 Å². The molecule has 3 heteroatoms. The van der Waals surface area contributed by atoms with Crippen molar-refractivity contribution in [3.63, 3.8) is 0 Å². The first-order valence-electron chi connectivity index (χ1n) is 10.8. The number of ether oxygens (including phenoxy) is 1. The maximum atomic E-state index is 12.7. The standard InChI is InChI=1S/C27H29NO2/c1-20-18-23(13-17-28-20)22-10-8-21(9-11-22)19-24(29)12-16-27(14-5-15-27)25-6-3-4-7-26(25)30-2/h3-4,6-11,13,17-18H,5,12,14-16,19H2,1-2H3. The summed E-state index contributed by atoms with van der Waals surface area (Å²) in [7, 11) is 1.73. The van der Waals surface area contributed by atoms with E-state index in [1.807, 2.05) is 31.3 Å². The molecule has 0 unspecified atom stereocenters. The van der Waals surface area contributed by atoms with Crippen LogP contribution in [0.4, 0.5) is 0 Å². The summed E-state index contributed by atoms with van der Waals surface area (Å²) in [6, 6.07) is 20.7. The number of hydrogen-bond donors (Lipinski definition) is 0. The highest BCUT2D eigenvalue weighted by Gasteiger charge is 2.40. The van der Waals surface area contributed by atoms with Gasteiger partial charge in [0.1, 0.15) is 11.5 Å². The summed E-state index contributed by atoms with van der Waals surface area (Å²) in [5, 5.41) is 0. The molecular weight excluding hydrogens is 370 g/mol. The van der Waals surface area contributed by atoms with Gasteiger partial charge in [0.2, 0.25) is 0 Å². The highest BCUT2D eigenvalue weighted by Crippen LogP contribution is 2.50. The normalized spacial score (nSPS) is 14.7. The fraction of sp³-hybridized carbons (Fsp3) is 0.333. The van der Waals surface area contributed by atoms with E-state index in [1.165, 1.54) is 12.0 Å². The molecule has 1 aliphatic carbocycles. The molecule has 0 N–H and O–H groups in total. The van der Waals surface area contributed by atoms with E-state index >= 15 is 0 Å². The van der Waals surface area contributed by atoms with E-state index in [1.54, 1.807) is 7.11 Å². The molecule has 3 nitrogen and oxygen atoms in total. The van der Waals surface area contributed by atoms with E-state index in [0.717, 1.165) is 47.4 Å². The number of rotatable bonds is 8. The number of methoxy groups -OCH3 is 1. The predicted octanol–water partition coefficient (Wildman–Crippen LogP) is 6.08. The lowest BCUT2D eigenvalue weighted by Crippen LogP contribution is -2.35. The Morgan fingerprint density at radius 1 is 1.03 bits per heavy atom. The molecule has 0 spiro atoms. The Morgan fingerprint density at radius 3 is 2.47 bits per heavy atom. The van der Waals surface area contributed by atoms with Crippen molar-refractivity contribution in [3.8, 4) is 16.9 Å². The molecule has 3 aromatic rings. The van der Waals surface area contributed by atoms with Crippen LogP contribution in [0.25, 0.3) is 11.1 Å². The van der Waals surface area contributed by atoms with Crippen LogP contribution in [0.15, 0.2) is 66.9 Å². The van der Waals surface area contributed by atoms with E-state index in [0.29, 0.717) is 18.6 Å². The molecule has 0 aliphatic heterocycles. The zero-order valence-electron chi connectivity index (χ0n) is 17.9. The molecule has 2 aromatic carbocycles. The lowest BCUT2D eigenvalue weighted by Gasteiger charge is -2.43. The van der Waals surface area contributed by atoms with Gasteiger partial charge >= 0.3 is 0 Å². The van der Waals surface area contributed by atoms with Gasteiger partial charge in [-0.05, 0) is 66.5 Å². The van der Waals surface area contributed by atoms with Crippen molar-refractivity contribution in [1.29, 1.82) is 0 Å². The van der Waals surface area contributed by atoms with Crippen molar-refractivity contribution < 1.29 is 9.53 Å². The number of ketones is 1. The number of carbonyl (C=O) groups is 1. The molecule has 4 rings (SSSR count). The van der Waals surface area contributed by atoms with Gasteiger partial charge in [-0.1, -0.05) is 48.9 Å². The monoisotopic (exact) mass is 399 g/mol. The Bertz CT molecular complexity index is 1020. The van der Waals surface area contributed by atoms with Crippen LogP contribution < -0.4 is 4.74 Å². The first-order chi connectivity index (χ1) is 14.6. The third kappa shape index (κ3) is 4.30. The fourth-order valence-electron chi connectivity index (χ4n) is 4.58. The molecule has 0 amide bonds. The van der Waals surface area contributed by atoms with Gasteiger partial charge in [-0.2, -0.15) is 0 Å². The Kier molecular flexibility index (Phi) is 5.98. The smallest absolute Gasteiger partial charge is 0.137 e. The molecule has 0 atom stereocenters. The number of hydrogen-bond acceptors (Lipinski definition) is 3. The number of pyridine rings is 1. The average Bonchev–Trinajstić information content (AvgIpc) is 2.74. The van der Waals surface area contributed by atoms with Crippen molar-refractivity contribution in [1.82, 2.24) is 4.98 Å². The summed E-state index contributed by atoms with van der Waals surface area (Å²) in [5.41, 5.74) is 5.76. The molecule has 1 aromatic heterocycles. The van der Waals surface area contributed by atoms with Crippen molar-refractivity contribution >= 4 is 5.78 Å². The molecule has 30 heavy (non-hydrogen) atoms. The van der Waals surface area contributed by atoms with Crippen LogP contribution in [0.5, 0.6) is 5.75 Å². The molecule has 1 saturated carbocycles. The van der Waals surface area contributed by atoms with Crippen LogP contribution in [0.1, 0.15) is 48.9 Å². The van der Waals surface area contributed by atoms with Gasteiger partial charge < -0.3 is 4.74 Å². The molecule has 0 radical (unpaired) electrons. The van der Waals surface area contributed by atoms with E-state index < -0.39 is 0 Å². The Morgan fingerprint density at radius 2 is 1.80 bits per heavy atom. The van der Waals surface area contributed by atoms with E-state index in [4.69, 9.17) is 4.74 Å². The van der Waals surface area contributed by atoms with Crippen molar-refractivity contribution in [2.75, 3.05) is 7.11 Å². The number of aromatic nitrogens is 1. The van der Waals surface area contributed by atoms with Crippen LogP contribution in [0.3, 0.4) is 0 Å². The second kappa shape index (κ2) is 8.83. The lowest BCUT2D eigenvalue weighted by atomic mass is 9.61. The van der Waals surface area contributed by atoms with Gasteiger partial charge in [-0.3, -0.25) is 9.78 Å². The number of carbonyl (C=O) groups excluding carboxylic acids is 1. The minimum absolute atomic E-state index is 0.103. The lowest BCUT2D eigenvalue weighted by molar-refractivity contribution is -0.119. The summed E-state index contributed by atoms with van der Waals surface area (Å²) in [5.74, 6) is 1.26. The second-order valence-electron chi connectivity index (χ2n) is 8.43. The number of Topliss-reactive ketones (excluding diaryl/α,β-unsaturated/α-hetero) is 1. The predicted molar refractivity (Wildman–Crippen MR) is 121 cm³/mol. The van der Waals surface area contributed by atoms with E-state index in [-0.39, 0.29) is 5.41 Å². The zero-order valence-corrected chi connectivity index (χ0v) is 17.9. The fourth-order valence-corrected chi connectivity index (χ4v) is 4.58. The first kappa shape index (κ1) is 20.3. The summed E-state index contributed by atoms with van der Waals surface area (Å²) < 4.78 is 5.60. The topological polar surface area (TPSA) is 39.2 Å². The van der Waals surface area contributed by atoms with Crippen LogP contribution in [0.2, 0.25) is 0 Å².